The van der Waals surface area contributed by atoms with Gasteiger partial charge in [0, 0.05) is 6.54 Å². The summed E-state index contributed by atoms with van der Waals surface area (Å²) < 4.78 is 0. The molecule has 0 aromatic heterocycles. The van der Waals surface area contributed by atoms with Gasteiger partial charge in [0.15, 0.2) is 0 Å². The Morgan fingerprint density at radius 1 is 1.54 bits per heavy atom. The highest BCUT2D eigenvalue weighted by Gasteiger charge is 2.31. The van der Waals surface area contributed by atoms with Crippen LogP contribution in [0.2, 0.25) is 0 Å². The van der Waals surface area contributed by atoms with Crippen LogP contribution in [0.25, 0.3) is 0 Å². The van der Waals surface area contributed by atoms with Crippen molar-refractivity contribution in [2.24, 2.45) is 23.5 Å². The van der Waals surface area contributed by atoms with E-state index < -0.39 is 5.97 Å². The second-order valence-corrected chi connectivity index (χ2v) is 4.08. The first-order valence-electron chi connectivity index (χ1n) is 5.09. The van der Waals surface area contributed by atoms with Gasteiger partial charge in [-0.1, -0.05) is 32.6 Å². The Bertz CT molecular complexity index is 176. The van der Waals surface area contributed by atoms with E-state index in [4.69, 9.17) is 10.8 Å². The number of aliphatic carboxylic acids is 1. The number of nitrogens with two attached hydrogens (primary N) is 1. The van der Waals surface area contributed by atoms with Crippen LogP contribution in [0.4, 0.5) is 0 Å². The van der Waals surface area contributed by atoms with Gasteiger partial charge in [-0.3, -0.25) is 4.79 Å². The van der Waals surface area contributed by atoms with Crippen molar-refractivity contribution in [1.29, 1.82) is 0 Å². The number of hydrogen-bond acceptors (Lipinski definition) is 2. The molecule has 0 heterocycles. The minimum atomic E-state index is -0.734. The molecule has 0 radical (unpaired) electrons. The molecular formula is C10H19NO2. The van der Waals surface area contributed by atoms with Crippen molar-refractivity contribution in [3.05, 3.63) is 0 Å². The van der Waals surface area contributed by atoms with E-state index in [-0.39, 0.29) is 18.4 Å². The molecule has 0 bridgehead atoms. The molecule has 1 aliphatic carbocycles. The van der Waals surface area contributed by atoms with Gasteiger partial charge in [0.25, 0.3) is 0 Å². The first-order valence-corrected chi connectivity index (χ1v) is 5.09. The van der Waals surface area contributed by atoms with E-state index in [0.717, 1.165) is 0 Å². The summed E-state index contributed by atoms with van der Waals surface area (Å²) in [5.74, 6) is -0.250. The predicted molar refractivity (Wildman–Crippen MR) is 51.3 cm³/mol. The van der Waals surface area contributed by atoms with Crippen LogP contribution in [0.5, 0.6) is 0 Å². The average Bonchev–Trinajstić information content (AvgIpc) is 2.56. The zero-order valence-corrected chi connectivity index (χ0v) is 8.20. The zero-order valence-electron chi connectivity index (χ0n) is 8.20. The van der Waals surface area contributed by atoms with Crippen LogP contribution in [-0.2, 0) is 4.79 Å². The Kier molecular flexibility index (Phi) is 3.72. The molecule has 0 amide bonds. The number of carboxylic acids is 1. The Morgan fingerprint density at radius 2 is 2.08 bits per heavy atom. The first-order chi connectivity index (χ1) is 6.16. The van der Waals surface area contributed by atoms with Gasteiger partial charge >= 0.3 is 5.97 Å². The fourth-order valence-electron chi connectivity index (χ4n) is 2.35. The maximum atomic E-state index is 10.8. The van der Waals surface area contributed by atoms with E-state index >= 15 is 0 Å². The Hall–Kier alpha value is -0.570. The summed E-state index contributed by atoms with van der Waals surface area (Å²) in [6, 6.07) is 0. The highest BCUT2D eigenvalue weighted by molar-refractivity contribution is 5.70. The first kappa shape index (κ1) is 10.5. The number of carbonyl (C=O) groups is 1. The molecular weight excluding hydrogens is 166 g/mol. The van der Waals surface area contributed by atoms with Crippen molar-refractivity contribution < 1.29 is 9.90 Å². The van der Waals surface area contributed by atoms with Crippen molar-refractivity contribution in [3.63, 3.8) is 0 Å². The van der Waals surface area contributed by atoms with Gasteiger partial charge in [-0.05, 0) is 11.8 Å². The summed E-state index contributed by atoms with van der Waals surface area (Å²) in [6.07, 6.45) is 4.88. The van der Waals surface area contributed by atoms with Crippen LogP contribution < -0.4 is 5.73 Å². The van der Waals surface area contributed by atoms with Crippen LogP contribution in [0.3, 0.4) is 0 Å². The van der Waals surface area contributed by atoms with E-state index in [9.17, 15) is 4.79 Å². The third-order valence-corrected chi connectivity index (χ3v) is 3.35. The lowest BCUT2D eigenvalue weighted by molar-refractivity contribution is -0.143. The maximum absolute atomic E-state index is 10.8. The molecule has 0 spiro atoms. The van der Waals surface area contributed by atoms with E-state index in [1.807, 2.05) is 6.92 Å². The van der Waals surface area contributed by atoms with Crippen LogP contribution in [0, 0.1) is 17.8 Å². The molecule has 0 aromatic rings. The topological polar surface area (TPSA) is 63.3 Å². The van der Waals surface area contributed by atoms with Crippen molar-refractivity contribution in [2.45, 2.75) is 32.6 Å². The van der Waals surface area contributed by atoms with E-state index in [2.05, 4.69) is 0 Å². The smallest absolute Gasteiger partial charge is 0.308 e. The van der Waals surface area contributed by atoms with E-state index in [0.29, 0.717) is 5.92 Å². The van der Waals surface area contributed by atoms with Crippen LogP contribution in [0.1, 0.15) is 32.6 Å². The molecule has 0 aliphatic heterocycles. The molecule has 1 saturated carbocycles. The SMILES string of the molecule is CC(C1CCCC1)C(CN)C(=O)O. The van der Waals surface area contributed by atoms with Crippen molar-refractivity contribution >= 4 is 5.97 Å². The molecule has 2 atom stereocenters. The molecule has 3 nitrogen and oxygen atoms in total. The largest absolute Gasteiger partial charge is 0.481 e. The number of hydrogen-bond donors (Lipinski definition) is 2. The fourth-order valence-corrected chi connectivity index (χ4v) is 2.35. The molecule has 3 heteroatoms. The Balaban J connectivity index is 2.51. The van der Waals surface area contributed by atoms with Gasteiger partial charge in [0.2, 0.25) is 0 Å². The van der Waals surface area contributed by atoms with Gasteiger partial charge < -0.3 is 10.8 Å². The normalized spacial score (nSPS) is 22.9. The molecule has 1 fully saturated rings. The lowest BCUT2D eigenvalue weighted by Gasteiger charge is -2.24. The lowest BCUT2D eigenvalue weighted by atomic mass is 9.82. The minimum Gasteiger partial charge on any atom is -0.481 e. The van der Waals surface area contributed by atoms with Crippen LogP contribution >= 0.6 is 0 Å². The summed E-state index contributed by atoms with van der Waals surface area (Å²) in [7, 11) is 0. The van der Waals surface area contributed by atoms with Crippen LogP contribution in [-0.4, -0.2) is 17.6 Å². The maximum Gasteiger partial charge on any atom is 0.308 e. The van der Waals surface area contributed by atoms with E-state index in [1.54, 1.807) is 0 Å². The molecule has 2 unspecified atom stereocenters. The Labute approximate surface area is 79.3 Å². The summed E-state index contributed by atoms with van der Waals surface area (Å²) in [4.78, 5) is 10.8. The third-order valence-electron chi connectivity index (χ3n) is 3.35. The molecule has 0 saturated heterocycles. The summed E-state index contributed by atoms with van der Waals surface area (Å²) >= 11 is 0. The quantitative estimate of drug-likeness (QED) is 0.697. The summed E-state index contributed by atoms with van der Waals surface area (Å²) in [5, 5.41) is 8.92. The van der Waals surface area contributed by atoms with Crippen molar-refractivity contribution in [1.82, 2.24) is 0 Å². The molecule has 13 heavy (non-hydrogen) atoms. The lowest BCUT2D eigenvalue weighted by Crippen LogP contribution is -2.32. The summed E-state index contributed by atoms with van der Waals surface area (Å²) in [5.41, 5.74) is 5.46. The van der Waals surface area contributed by atoms with Crippen LogP contribution in [0.15, 0.2) is 0 Å². The standard InChI is InChI=1S/C10H19NO2/c1-7(8-4-2-3-5-8)9(6-11)10(12)13/h7-9H,2-6,11H2,1H3,(H,12,13). The monoisotopic (exact) mass is 185 g/mol. The average molecular weight is 185 g/mol. The molecule has 1 aliphatic rings. The number of carboxylic acid groups (broad SMARTS) is 1. The molecule has 0 aromatic carbocycles. The Morgan fingerprint density at radius 3 is 2.46 bits per heavy atom. The molecule has 3 N–H and O–H groups in total. The fraction of sp³-hybridized carbons (Fsp3) is 0.900. The molecule has 76 valence electrons. The van der Waals surface area contributed by atoms with Gasteiger partial charge in [-0.25, -0.2) is 0 Å². The van der Waals surface area contributed by atoms with E-state index in [1.165, 1.54) is 25.7 Å². The second-order valence-electron chi connectivity index (χ2n) is 4.08. The minimum absolute atomic E-state index is 0.241. The van der Waals surface area contributed by atoms with Gasteiger partial charge in [0.1, 0.15) is 0 Å². The van der Waals surface area contributed by atoms with Gasteiger partial charge in [0.05, 0.1) is 5.92 Å². The van der Waals surface area contributed by atoms with Crippen molar-refractivity contribution in [3.8, 4) is 0 Å². The highest BCUT2D eigenvalue weighted by atomic mass is 16.4. The van der Waals surface area contributed by atoms with Gasteiger partial charge in [-0.15, -0.1) is 0 Å². The molecule has 1 rings (SSSR count). The highest BCUT2D eigenvalue weighted by Crippen LogP contribution is 2.34. The predicted octanol–water partition coefficient (Wildman–Crippen LogP) is 1.47. The van der Waals surface area contributed by atoms with Crippen molar-refractivity contribution in [2.75, 3.05) is 6.54 Å². The summed E-state index contributed by atoms with van der Waals surface area (Å²) in [6.45, 7) is 2.30. The second kappa shape index (κ2) is 4.61. The zero-order chi connectivity index (χ0) is 9.84. The number of rotatable bonds is 4. The third kappa shape index (κ3) is 2.44. The van der Waals surface area contributed by atoms with Gasteiger partial charge in [-0.2, -0.15) is 0 Å².